The predicted molar refractivity (Wildman–Crippen MR) is 130 cm³/mol. The first kappa shape index (κ1) is 24.6. The van der Waals surface area contributed by atoms with Crippen molar-refractivity contribution < 1.29 is 18.1 Å². The largest absolute Gasteiger partial charge is 0.271 e. The molecule has 0 bridgehead atoms. The molecular formula is C24H24N4O5S. The first-order valence-electron chi connectivity index (χ1n) is 10.3. The lowest BCUT2D eigenvalue weighted by atomic mass is 10.1. The molecule has 3 aromatic rings. The van der Waals surface area contributed by atoms with Crippen molar-refractivity contribution in [2.45, 2.75) is 25.7 Å². The van der Waals surface area contributed by atoms with Gasteiger partial charge < -0.3 is 0 Å². The third-order valence-corrected chi connectivity index (χ3v) is 7.06. The zero-order chi connectivity index (χ0) is 24.9. The Balaban J connectivity index is 1.90. The number of nitro groups is 1. The number of sulfonamides is 1. The predicted octanol–water partition coefficient (Wildman–Crippen LogP) is 3.95. The molecule has 0 fully saturated rings. The van der Waals surface area contributed by atoms with E-state index >= 15 is 0 Å². The summed E-state index contributed by atoms with van der Waals surface area (Å²) >= 11 is 0. The van der Waals surface area contributed by atoms with Crippen molar-refractivity contribution in [3.63, 3.8) is 0 Å². The van der Waals surface area contributed by atoms with E-state index < -0.39 is 27.4 Å². The quantitative estimate of drug-likeness (QED) is 0.297. The lowest BCUT2D eigenvalue weighted by molar-refractivity contribution is -0.384. The Morgan fingerprint density at radius 3 is 2.38 bits per heavy atom. The normalized spacial score (nSPS) is 11.7. The Bertz CT molecular complexity index is 1350. The van der Waals surface area contributed by atoms with Crippen molar-refractivity contribution in [1.82, 2.24) is 5.43 Å². The summed E-state index contributed by atoms with van der Waals surface area (Å²) < 4.78 is 27.9. The Kier molecular flexibility index (Phi) is 7.42. The van der Waals surface area contributed by atoms with Crippen LogP contribution in [0.2, 0.25) is 0 Å². The van der Waals surface area contributed by atoms with Crippen molar-refractivity contribution in [3.05, 3.63) is 99.6 Å². The minimum absolute atomic E-state index is 0.0555. The van der Waals surface area contributed by atoms with Gasteiger partial charge in [0, 0.05) is 17.7 Å². The molecule has 3 aromatic carbocycles. The topological polar surface area (TPSA) is 122 Å². The molecule has 1 N–H and O–H groups in total. The lowest BCUT2D eigenvalue weighted by Gasteiger charge is -2.26. The second kappa shape index (κ2) is 10.3. The number of amides is 1. The molecule has 0 radical (unpaired) electrons. The molecule has 0 saturated heterocycles. The fraction of sp³-hybridized carbons (Fsp3) is 0.167. The minimum atomic E-state index is -4.05. The maximum atomic E-state index is 13.4. The number of hydrogen-bond donors (Lipinski definition) is 1. The molecule has 0 heterocycles. The Labute approximate surface area is 197 Å². The zero-order valence-electron chi connectivity index (χ0n) is 18.9. The summed E-state index contributed by atoms with van der Waals surface area (Å²) in [5.41, 5.74) is 5.04. The fourth-order valence-electron chi connectivity index (χ4n) is 3.25. The second-order valence-electron chi connectivity index (χ2n) is 7.58. The second-order valence-corrected chi connectivity index (χ2v) is 9.45. The van der Waals surface area contributed by atoms with E-state index in [1.807, 2.05) is 13.0 Å². The Hall–Kier alpha value is -4.05. The van der Waals surface area contributed by atoms with Crippen LogP contribution in [0.5, 0.6) is 0 Å². The Morgan fingerprint density at radius 2 is 1.71 bits per heavy atom. The average molecular weight is 481 g/mol. The molecule has 0 aromatic heterocycles. The smallest absolute Gasteiger partial charge is 0.270 e. The number of nitrogens with zero attached hydrogens (tertiary/aromatic N) is 3. The van der Waals surface area contributed by atoms with E-state index in [9.17, 15) is 23.3 Å². The SMILES string of the molecule is C/C(=N/NC(=O)CN(c1cccc(C)c1C)S(=O)(=O)c1ccccc1)c1cccc([N+](=O)[O-])c1. The highest BCUT2D eigenvalue weighted by Gasteiger charge is 2.28. The molecule has 10 heteroatoms. The number of benzene rings is 3. The summed E-state index contributed by atoms with van der Waals surface area (Å²) in [6, 6.07) is 18.9. The Morgan fingerprint density at radius 1 is 1.03 bits per heavy atom. The van der Waals surface area contributed by atoms with Gasteiger partial charge in [-0.05, 0) is 50.1 Å². The highest BCUT2D eigenvalue weighted by Crippen LogP contribution is 2.28. The van der Waals surface area contributed by atoms with Gasteiger partial charge >= 0.3 is 0 Å². The summed E-state index contributed by atoms with van der Waals surface area (Å²) in [5, 5.41) is 15.0. The highest BCUT2D eigenvalue weighted by atomic mass is 32.2. The lowest BCUT2D eigenvalue weighted by Crippen LogP contribution is -2.40. The van der Waals surface area contributed by atoms with Crippen LogP contribution in [0.3, 0.4) is 0 Å². The third kappa shape index (κ3) is 5.46. The maximum Gasteiger partial charge on any atom is 0.270 e. The molecular weight excluding hydrogens is 456 g/mol. The van der Waals surface area contributed by atoms with Gasteiger partial charge in [0.15, 0.2) is 0 Å². The van der Waals surface area contributed by atoms with E-state index in [4.69, 9.17) is 0 Å². The van der Waals surface area contributed by atoms with Crippen LogP contribution in [0.1, 0.15) is 23.6 Å². The number of carbonyl (C=O) groups is 1. The molecule has 176 valence electrons. The molecule has 0 saturated carbocycles. The van der Waals surface area contributed by atoms with Gasteiger partial charge in [-0.1, -0.05) is 42.5 Å². The van der Waals surface area contributed by atoms with E-state index in [2.05, 4.69) is 10.5 Å². The van der Waals surface area contributed by atoms with Crippen molar-refractivity contribution >= 4 is 33.0 Å². The van der Waals surface area contributed by atoms with E-state index in [1.165, 1.54) is 30.3 Å². The number of hydrazone groups is 1. The van der Waals surface area contributed by atoms with Crippen molar-refractivity contribution in [2.75, 3.05) is 10.8 Å². The zero-order valence-corrected chi connectivity index (χ0v) is 19.7. The molecule has 0 aliphatic carbocycles. The molecule has 1 amide bonds. The van der Waals surface area contributed by atoms with Crippen LogP contribution in [0, 0.1) is 24.0 Å². The molecule has 0 atom stereocenters. The van der Waals surface area contributed by atoms with E-state index in [1.54, 1.807) is 50.2 Å². The number of non-ortho nitro benzene ring substituents is 1. The molecule has 9 nitrogen and oxygen atoms in total. The first-order chi connectivity index (χ1) is 16.1. The van der Waals surface area contributed by atoms with Crippen molar-refractivity contribution in [3.8, 4) is 0 Å². The van der Waals surface area contributed by atoms with Crippen LogP contribution in [0.25, 0.3) is 0 Å². The van der Waals surface area contributed by atoms with Crippen LogP contribution in [-0.4, -0.2) is 31.5 Å². The van der Waals surface area contributed by atoms with E-state index in [0.717, 1.165) is 15.4 Å². The monoisotopic (exact) mass is 480 g/mol. The number of carbonyl (C=O) groups excluding carboxylic acids is 1. The molecule has 0 aliphatic rings. The van der Waals surface area contributed by atoms with E-state index in [0.29, 0.717) is 17.0 Å². The van der Waals surface area contributed by atoms with Gasteiger partial charge in [0.2, 0.25) is 0 Å². The number of anilines is 1. The highest BCUT2D eigenvalue weighted by molar-refractivity contribution is 7.92. The van der Waals surface area contributed by atoms with Crippen LogP contribution in [-0.2, 0) is 14.8 Å². The summed E-state index contributed by atoms with van der Waals surface area (Å²) in [5.74, 6) is -0.662. The number of nitro benzene ring substituents is 1. The summed E-state index contributed by atoms with van der Waals surface area (Å²) in [6.45, 7) is 4.73. The molecule has 34 heavy (non-hydrogen) atoms. The van der Waals surface area contributed by atoms with Crippen LogP contribution < -0.4 is 9.73 Å². The standard InChI is InChI=1S/C24H24N4O5S/c1-17-9-7-14-23(18(17)2)27(34(32,33)22-12-5-4-6-13-22)16-24(29)26-25-19(3)20-10-8-11-21(15-20)28(30)31/h4-15H,16H2,1-3H3,(H,26,29)/b25-19-. The van der Waals surface area contributed by atoms with Crippen molar-refractivity contribution in [1.29, 1.82) is 0 Å². The number of nitrogens with one attached hydrogen (secondary N) is 1. The van der Waals surface area contributed by atoms with Crippen molar-refractivity contribution in [2.24, 2.45) is 5.10 Å². The molecule has 0 unspecified atom stereocenters. The van der Waals surface area contributed by atoms with E-state index in [-0.39, 0.29) is 10.6 Å². The number of rotatable bonds is 8. The summed E-state index contributed by atoms with van der Waals surface area (Å²) in [4.78, 5) is 23.3. The molecule has 0 aliphatic heterocycles. The maximum absolute atomic E-state index is 13.4. The van der Waals surface area contributed by atoms with Gasteiger partial charge in [-0.25, -0.2) is 13.8 Å². The molecule has 3 rings (SSSR count). The van der Waals surface area contributed by atoms with Crippen LogP contribution in [0.15, 0.2) is 82.8 Å². The summed E-state index contributed by atoms with van der Waals surface area (Å²) in [6.07, 6.45) is 0. The van der Waals surface area contributed by atoms with Gasteiger partial charge in [-0.3, -0.25) is 19.2 Å². The third-order valence-electron chi connectivity index (χ3n) is 5.29. The van der Waals surface area contributed by atoms with Gasteiger partial charge in [-0.2, -0.15) is 5.10 Å². The molecule has 0 spiro atoms. The van der Waals surface area contributed by atoms with Gasteiger partial charge in [-0.15, -0.1) is 0 Å². The van der Waals surface area contributed by atoms with Gasteiger partial charge in [0.25, 0.3) is 21.6 Å². The van der Waals surface area contributed by atoms with Gasteiger partial charge in [0.05, 0.1) is 21.2 Å². The van der Waals surface area contributed by atoms with Gasteiger partial charge in [0.1, 0.15) is 6.54 Å². The number of hydrogen-bond acceptors (Lipinski definition) is 6. The number of aryl methyl sites for hydroxylation is 1. The first-order valence-corrected chi connectivity index (χ1v) is 11.8. The average Bonchev–Trinajstić information content (AvgIpc) is 2.83. The minimum Gasteiger partial charge on any atom is -0.271 e. The fourth-order valence-corrected chi connectivity index (χ4v) is 4.75. The van der Waals surface area contributed by atoms with Crippen LogP contribution in [0.4, 0.5) is 11.4 Å². The summed E-state index contributed by atoms with van der Waals surface area (Å²) in [7, 11) is -4.05. The van der Waals surface area contributed by atoms with Crippen LogP contribution >= 0.6 is 0 Å².